The molecule has 0 spiro atoms. The van der Waals surface area contributed by atoms with Crippen molar-refractivity contribution in [1.82, 2.24) is 4.90 Å². The zero-order valence-corrected chi connectivity index (χ0v) is 7.92. The maximum atomic E-state index is 11.4. The van der Waals surface area contributed by atoms with Gasteiger partial charge in [-0.1, -0.05) is 13.5 Å². The summed E-state index contributed by atoms with van der Waals surface area (Å²) in [5, 5.41) is 0. The van der Waals surface area contributed by atoms with E-state index in [2.05, 4.69) is 20.4 Å². The minimum Gasteiger partial charge on any atom is -0.334 e. The molecule has 2 nitrogen and oxygen atoms in total. The first-order chi connectivity index (χ1) is 5.70. The fourth-order valence-corrected chi connectivity index (χ4v) is 1.98. The summed E-state index contributed by atoms with van der Waals surface area (Å²) < 4.78 is 0. The molecule has 1 fully saturated rings. The predicted octanol–water partition coefficient (Wildman–Crippen LogP) is 1.96. The lowest BCUT2D eigenvalue weighted by Gasteiger charge is -2.26. The Balaban J connectivity index is 2.69. The van der Waals surface area contributed by atoms with Crippen molar-refractivity contribution in [2.24, 2.45) is 0 Å². The highest BCUT2D eigenvalue weighted by Crippen LogP contribution is 2.25. The third-order valence-electron chi connectivity index (χ3n) is 2.69. The van der Waals surface area contributed by atoms with Crippen molar-refractivity contribution in [3.8, 4) is 0 Å². The second-order valence-corrected chi connectivity index (χ2v) is 3.44. The van der Waals surface area contributed by atoms with E-state index in [4.69, 9.17) is 0 Å². The topological polar surface area (TPSA) is 20.3 Å². The van der Waals surface area contributed by atoms with Crippen molar-refractivity contribution in [2.45, 2.75) is 45.2 Å². The summed E-state index contributed by atoms with van der Waals surface area (Å²) in [6, 6.07) is 0.853. The molecule has 2 heteroatoms. The van der Waals surface area contributed by atoms with E-state index in [0.717, 1.165) is 19.3 Å². The average molecular weight is 167 g/mol. The number of amides is 1. The van der Waals surface area contributed by atoms with Gasteiger partial charge in [0.05, 0.1) is 0 Å². The number of nitrogens with zero attached hydrogens (tertiary/aromatic N) is 1. The Kier molecular flexibility index (Phi) is 2.90. The van der Waals surface area contributed by atoms with Crippen LogP contribution in [0, 0.1) is 0 Å². The molecule has 2 atom stereocenters. The van der Waals surface area contributed by atoms with E-state index in [1.54, 1.807) is 0 Å². The fraction of sp³-hybridized carbons (Fsp3) is 0.700. The molecular weight excluding hydrogens is 150 g/mol. The lowest BCUT2D eigenvalue weighted by atomic mass is 10.1. The van der Waals surface area contributed by atoms with E-state index in [9.17, 15) is 4.79 Å². The van der Waals surface area contributed by atoms with Gasteiger partial charge < -0.3 is 4.90 Å². The number of carbonyl (C=O) groups is 1. The fourth-order valence-electron chi connectivity index (χ4n) is 1.98. The molecule has 12 heavy (non-hydrogen) atoms. The summed E-state index contributed by atoms with van der Waals surface area (Å²) in [6.45, 7) is 7.76. The van der Waals surface area contributed by atoms with Crippen molar-refractivity contribution in [3.05, 3.63) is 12.7 Å². The van der Waals surface area contributed by atoms with Crippen LogP contribution in [0.3, 0.4) is 0 Å². The van der Waals surface area contributed by atoms with Gasteiger partial charge in [-0.2, -0.15) is 0 Å². The molecule has 0 saturated carbocycles. The third kappa shape index (κ3) is 1.52. The first kappa shape index (κ1) is 9.30. The molecule has 0 aromatic carbocycles. The number of hydrogen-bond donors (Lipinski definition) is 0. The smallest absolute Gasteiger partial charge is 0.246 e. The van der Waals surface area contributed by atoms with Crippen LogP contribution >= 0.6 is 0 Å². The number of rotatable bonds is 2. The van der Waals surface area contributed by atoms with Crippen LogP contribution in [0.5, 0.6) is 0 Å². The first-order valence-electron chi connectivity index (χ1n) is 4.65. The van der Waals surface area contributed by atoms with Gasteiger partial charge in [-0.05, 0) is 32.3 Å². The maximum Gasteiger partial charge on any atom is 0.246 e. The molecule has 0 bridgehead atoms. The summed E-state index contributed by atoms with van der Waals surface area (Å²) in [5.74, 6) is 0.0897. The monoisotopic (exact) mass is 167 g/mol. The first-order valence-corrected chi connectivity index (χ1v) is 4.65. The Morgan fingerprint density at radius 3 is 2.83 bits per heavy atom. The molecule has 1 rings (SSSR count). The zero-order valence-electron chi connectivity index (χ0n) is 7.92. The predicted molar refractivity (Wildman–Crippen MR) is 49.8 cm³/mol. The van der Waals surface area contributed by atoms with E-state index in [1.165, 1.54) is 6.08 Å². The lowest BCUT2D eigenvalue weighted by Crippen LogP contribution is -2.38. The molecule has 2 unspecified atom stereocenters. The Bertz CT molecular complexity index is 188. The van der Waals surface area contributed by atoms with Gasteiger partial charge in [0, 0.05) is 12.1 Å². The van der Waals surface area contributed by atoms with E-state index < -0.39 is 0 Å². The molecule has 0 aromatic heterocycles. The minimum atomic E-state index is 0.0897. The van der Waals surface area contributed by atoms with Gasteiger partial charge in [0.2, 0.25) is 5.91 Å². The van der Waals surface area contributed by atoms with Crippen LogP contribution in [0.25, 0.3) is 0 Å². The Morgan fingerprint density at radius 1 is 1.67 bits per heavy atom. The summed E-state index contributed by atoms with van der Waals surface area (Å²) >= 11 is 0. The van der Waals surface area contributed by atoms with Crippen LogP contribution in [0.2, 0.25) is 0 Å². The Labute approximate surface area is 74.2 Å². The van der Waals surface area contributed by atoms with Crippen molar-refractivity contribution >= 4 is 5.91 Å². The molecule has 1 aliphatic heterocycles. The highest BCUT2D eigenvalue weighted by molar-refractivity contribution is 5.87. The Hall–Kier alpha value is -0.790. The molecule has 1 saturated heterocycles. The van der Waals surface area contributed by atoms with Gasteiger partial charge in [-0.3, -0.25) is 4.79 Å². The summed E-state index contributed by atoms with van der Waals surface area (Å²) in [7, 11) is 0. The second-order valence-electron chi connectivity index (χ2n) is 3.44. The minimum absolute atomic E-state index is 0.0897. The number of hydrogen-bond acceptors (Lipinski definition) is 1. The van der Waals surface area contributed by atoms with Gasteiger partial charge in [-0.15, -0.1) is 0 Å². The largest absolute Gasteiger partial charge is 0.334 e. The van der Waals surface area contributed by atoms with Gasteiger partial charge in [-0.25, -0.2) is 0 Å². The Morgan fingerprint density at radius 2 is 2.33 bits per heavy atom. The number of likely N-dealkylation sites (tertiary alicyclic amines) is 1. The highest BCUT2D eigenvalue weighted by Gasteiger charge is 2.31. The van der Waals surface area contributed by atoms with Crippen molar-refractivity contribution in [2.75, 3.05) is 0 Å². The zero-order chi connectivity index (χ0) is 9.14. The number of carbonyl (C=O) groups excluding carboxylic acids is 1. The van der Waals surface area contributed by atoms with E-state index >= 15 is 0 Å². The van der Waals surface area contributed by atoms with Crippen molar-refractivity contribution in [3.63, 3.8) is 0 Å². The summed E-state index contributed by atoms with van der Waals surface area (Å²) in [5.41, 5.74) is 0. The average Bonchev–Trinajstić information content (AvgIpc) is 2.45. The molecule has 0 N–H and O–H groups in total. The SMILES string of the molecule is C=CC(=O)N1C(C)CCC1CC. The lowest BCUT2D eigenvalue weighted by molar-refractivity contribution is -0.128. The molecular formula is C10H17NO. The van der Waals surface area contributed by atoms with Crippen LogP contribution in [-0.4, -0.2) is 22.9 Å². The van der Waals surface area contributed by atoms with E-state index in [0.29, 0.717) is 12.1 Å². The third-order valence-corrected chi connectivity index (χ3v) is 2.69. The van der Waals surface area contributed by atoms with E-state index in [-0.39, 0.29) is 5.91 Å². The van der Waals surface area contributed by atoms with Crippen LogP contribution in [0.4, 0.5) is 0 Å². The molecule has 68 valence electrons. The standard InChI is InChI=1S/C10H17NO/c1-4-9-7-6-8(3)11(9)10(12)5-2/h5,8-9H,2,4,6-7H2,1,3H3. The molecule has 0 aromatic rings. The van der Waals surface area contributed by atoms with Crippen LogP contribution in [0.15, 0.2) is 12.7 Å². The van der Waals surface area contributed by atoms with Gasteiger partial charge in [0.25, 0.3) is 0 Å². The maximum absolute atomic E-state index is 11.4. The van der Waals surface area contributed by atoms with Crippen LogP contribution in [0.1, 0.15) is 33.1 Å². The quantitative estimate of drug-likeness (QED) is 0.576. The van der Waals surface area contributed by atoms with Gasteiger partial charge in [0.15, 0.2) is 0 Å². The molecule has 1 amide bonds. The van der Waals surface area contributed by atoms with Gasteiger partial charge >= 0.3 is 0 Å². The van der Waals surface area contributed by atoms with Crippen LogP contribution in [-0.2, 0) is 4.79 Å². The van der Waals surface area contributed by atoms with Crippen molar-refractivity contribution < 1.29 is 4.79 Å². The normalized spacial score (nSPS) is 29.0. The van der Waals surface area contributed by atoms with E-state index in [1.807, 2.05) is 4.90 Å². The second kappa shape index (κ2) is 3.74. The summed E-state index contributed by atoms with van der Waals surface area (Å²) in [6.07, 6.45) is 4.77. The molecule has 1 aliphatic rings. The summed E-state index contributed by atoms with van der Waals surface area (Å²) in [4.78, 5) is 13.4. The molecule has 1 heterocycles. The molecule has 0 radical (unpaired) electrons. The van der Waals surface area contributed by atoms with Crippen LogP contribution < -0.4 is 0 Å². The van der Waals surface area contributed by atoms with Gasteiger partial charge in [0.1, 0.15) is 0 Å². The van der Waals surface area contributed by atoms with Crippen molar-refractivity contribution in [1.29, 1.82) is 0 Å². The highest BCUT2D eigenvalue weighted by atomic mass is 16.2. The molecule has 0 aliphatic carbocycles.